The van der Waals surface area contributed by atoms with E-state index in [2.05, 4.69) is 14.9 Å². The number of nitro groups is 1. The van der Waals surface area contributed by atoms with E-state index in [-0.39, 0.29) is 27.7 Å². The fourth-order valence-corrected chi connectivity index (χ4v) is 3.91. The Morgan fingerprint density at radius 3 is 2.67 bits per heavy atom. The molecule has 10 heteroatoms. The molecule has 1 aromatic carbocycles. The lowest BCUT2D eigenvalue weighted by Crippen LogP contribution is -2.44. The predicted molar refractivity (Wildman–Crippen MR) is 92.0 cm³/mol. The van der Waals surface area contributed by atoms with Gasteiger partial charge in [-0.3, -0.25) is 10.1 Å². The number of piperazine rings is 1. The van der Waals surface area contributed by atoms with Crippen LogP contribution in [0.2, 0.25) is 5.02 Å². The van der Waals surface area contributed by atoms with E-state index in [9.17, 15) is 18.5 Å². The number of nitrogens with one attached hydrogen (secondary N) is 2. The van der Waals surface area contributed by atoms with Gasteiger partial charge < -0.3 is 10.2 Å². The Bertz CT molecular complexity index is 705. The number of sulfonamides is 1. The molecule has 8 nitrogen and oxygen atoms in total. The van der Waals surface area contributed by atoms with Crippen molar-refractivity contribution in [1.82, 2.24) is 14.9 Å². The molecule has 1 fully saturated rings. The minimum Gasteiger partial charge on any atom is -0.314 e. The summed E-state index contributed by atoms with van der Waals surface area (Å²) in [4.78, 5) is 12.4. The fourth-order valence-electron chi connectivity index (χ4n) is 2.51. The van der Waals surface area contributed by atoms with E-state index in [1.54, 1.807) is 0 Å². The molecule has 0 atom stereocenters. The third-order valence-corrected chi connectivity index (χ3v) is 5.78. The summed E-state index contributed by atoms with van der Waals surface area (Å²) < 4.78 is 27.1. The highest BCUT2D eigenvalue weighted by Gasteiger charge is 2.22. The molecule has 0 aromatic heterocycles. The predicted octanol–water partition coefficient (Wildman–Crippen LogP) is 1.13. The van der Waals surface area contributed by atoms with Gasteiger partial charge in [0.15, 0.2) is 0 Å². The molecule has 2 rings (SSSR count). The molecule has 2 N–H and O–H groups in total. The number of hydrogen-bond acceptors (Lipinski definition) is 6. The lowest BCUT2D eigenvalue weighted by molar-refractivity contribution is -0.385. The van der Waals surface area contributed by atoms with E-state index >= 15 is 0 Å². The minimum atomic E-state index is -3.83. The van der Waals surface area contributed by atoms with Gasteiger partial charge in [0.2, 0.25) is 10.0 Å². The van der Waals surface area contributed by atoms with Crippen molar-refractivity contribution in [3.63, 3.8) is 0 Å². The molecule has 134 valence electrons. The van der Waals surface area contributed by atoms with Gasteiger partial charge >= 0.3 is 0 Å². The first-order valence-corrected chi connectivity index (χ1v) is 9.54. The minimum absolute atomic E-state index is 0.0605. The van der Waals surface area contributed by atoms with Crippen molar-refractivity contribution in [2.75, 3.05) is 39.3 Å². The quantitative estimate of drug-likeness (QED) is 0.420. The molecular formula is C14H21ClN4O4S. The molecule has 1 aliphatic heterocycles. The third kappa shape index (κ3) is 4.87. The van der Waals surface area contributed by atoms with Gasteiger partial charge in [-0.2, -0.15) is 0 Å². The van der Waals surface area contributed by atoms with Crippen LogP contribution in [-0.2, 0) is 10.0 Å². The molecule has 1 aliphatic rings. The normalized spacial score (nSPS) is 16.2. The molecule has 0 bridgehead atoms. The van der Waals surface area contributed by atoms with Gasteiger partial charge in [0.1, 0.15) is 0 Å². The van der Waals surface area contributed by atoms with E-state index in [4.69, 9.17) is 11.6 Å². The topological polar surface area (TPSA) is 105 Å². The van der Waals surface area contributed by atoms with Crippen LogP contribution in [0.5, 0.6) is 0 Å². The second kappa shape index (κ2) is 8.21. The van der Waals surface area contributed by atoms with Gasteiger partial charge in [0.25, 0.3) is 5.69 Å². The Hall–Kier alpha value is -1.26. The average molecular weight is 377 g/mol. The van der Waals surface area contributed by atoms with Crippen molar-refractivity contribution in [3.05, 3.63) is 32.8 Å². The summed E-state index contributed by atoms with van der Waals surface area (Å²) >= 11 is 5.92. The van der Waals surface area contributed by atoms with Crippen molar-refractivity contribution in [3.8, 4) is 0 Å². The molecule has 0 unspecified atom stereocenters. The van der Waals surface area contributed by atoms with Crippen LogP contribution in [0.4, 0.5) is 5.69 Å². The maximum atomic E-state index is 12.3. The van der Waals surface area contributed by atoms with Gasteiger partial charge in [-0.1, -0.05) is 11.6 Å². The molecule has 0 aliphatic carbocycles. The zero-order valence-electron chi connectivity index (χ0n) is 13.4. The van der Waals surface area contributed by atoms with Crippen molar-refractivity contribution in [2.45, 2.75) is 18.2 Å². The Labute approximate surface area is 146 Å². The van der Waals surface area contributed by atoms with Crippen molar-refractivity contribution < 1.29 is 13.3 Å². The van der Waals surface area contributed by atoms with Crippen LogP contribution < -0.4 is 10.0 Å². The smallest absolute Gasteiger partial charge is 0.275 e. The van der Waals surface area contributed by atoms with Gasteiger partial charge in [-0.05, 0) is 26.0 Å². The lowest BCUT2D eigenvalue weighted by Gasteiger charge is -2.27. The second-order valence-corrected chi connectivity index (χ2v) is 7.82. The van der Waals surface area contributed by atoms with Gasteiger partial charge in [-0.15, -0.1) is 0 Å². The summed E-state index contributed by atoms with van der Waals surface area (Å²) in [6, 6.07) is 2.28. The first kappa shape index (κ1) is 19.1. The van der Waals surface area contributed by atoms with Crippen LogP contribution in [0.25, 0.3) is 0 Å². The molecule has 1 heterocycles. The summed E-state index contributed by atoms with van der Waals surface area (Å²) in [6.45, 7) is 6.34. The Kier molecular flexibility index (Phi) is 6.53. The van der Waals surface area contributed by atoms with Crippen molar-refractivity contribution in [1.29, 1.82) is 0 Å². The first-order valence-electron chi connectivity index (χ1n) is 7.68. The SMILES string of the molecule is Cc1c(Cl)cc(S(=O)(=O)NCCCN2CCNCC2)cc1[N+](=O)[O-]. The standard InChI is InChI=1S/C14H21ClN4O4S/c1-11-13(15)9-12(10-14(11)19(20)21)24(22,23)17-3-2-6-18-7-4-16-5-8-18/h9-10,16-17H,2-8H2,1H3. The second-order valence-electron chi connectivity index (χ2n) is 5.65. The molecule has 24 heavy (non-hydrogen) atoms. The van der Waals surface area contributed by atoms with Crippen LogP contribution in [0.15, 0.2) is 17.0 Å². The zero-order valence-corrected chi connectivity index (χ0v) is 15.0. The number of benzene rings is 1. The summed E-state index contributed by atoms with van der Waals surface area (Å²) in [6.07, 6.45) is 0.668. The van der Waals surface area contributed by atoms with E-state index < -0.39 is 14.9 Å². The highest BCUT2D eigenvalue weighted by Crippen LogP contribution is 2.29. The van der Waals surface area contributed by atoms with Gasteiger partial charge in [-0.25, -0.2) is 13.1 Å². The number of rotatable bonds is 7. The Morgan fingerprint density at radius 1 is 1.38 bits per heavy atom. The molecule has 0 spiro atoms. The van der Waals surface area contributed by atoms with Crippen LogP contribution in [0, 0.1) is 17.0 Å². The molecule has 0 saturated carbocycles. The molecule has 1 saturated heterocycles. The summed E-state index contributed by atoms with van der Waals surface area (Å²) in [5, 5.41) is 14.3. The third-order valence-electron chi connectivity index (χ3n) is 3.95. The molecule has 0 amide bonds. The van der Waals surface area contributed by atoms with Gasteiger partial charge in [0, 0.05) is 44.4 Å². The average Bonchev–Trinajstić information content (AvgIpc) is 2.54. The zero-order chi connectivity index (χ0) is 17.7. The summed E-state index contributed by atoms with van der Waals surface area (Å²) in [7, 11) is -3.83. The Balaban J connectivity index is 1.98. The maximum absolute atomic E-state index is 12.3. The number of hydrogen-bond donors (Lipinski definition) is 2. The lowest BCUT2D eigenvalue weighted by atomic mass is 10.2. The van der Waals surface area contributed by atoms with E-state index in [0.29, 0.717) is 6.42 Å². The number of nitro benzene ring substituents is 1. The largest absolute Gasteiger partial charge is 0.314 e. The van der Waals surface area contributed by atoms with Crippen LogP contribution in [-0.4, -0.2) is 57.5 Å². The van der Waals surface area contributed by atoms with Crippen LogP contribution in [0.1, 0.15) is 12.0 Å². The van der Waals surface area contributed by atoms with E-state index in [1.807, 2.05) is 0 Å². The van der Waals surface area contributed by atoms with Crippen molar-refractivity contribution >= 4 is 27.3 Å². The molecule has 0 radical (unpaired) electrons. The molecular weight excluding hydrogens is 356 g/mol. The first-order chi connectivity index (χ1) is 11.3. The fraction of sp³-hybridized carbons (Fsp3) is 0.571. The highest BCUT2D eigenvalue weighted by molar-refractivity contribution is 7.89. The van der Waals surface area contributed by atoms with Gasteiger partial charge in [0.05, 0.1) is 14.8 Å². The highest BCUT2D eigenvalue weighted by atomic mass is 35.5. The summed E-state index contributed by atoms with van der Waals surface area (Å²) in [5.41, 5.74) is -0.0528. The van der Waals surface area contributed by atoms with Crippen LogP contribution >= 0.6 is 11.6 Å². The number of nitrogens with zero attached hydrogens (tertiary/aromatic N) is 2. The number of halogens is 1. The van der Waals surface area contributed by atoms with E-state index in [0.717, 1.165) is 38.8 Å². The monoisotopic (exact) mass is 376 g/mol. The summed E-state index contributed by atoms with van der Waals surface area (Å²) in [5.74, 6) is 0. The van der Waals surface area contributed by atoms with Crippen molar-refractivity contribution in [2.24, 2.45) is 0 Å². The van der Waals surface area contributed by atoms with E-state index in [1.165, 1.54) is 13.0 Å². The Morgan fingerprint density at radius 2 is 2.04 bits per heavy atom. The molecule has 1 aromatic rings. The van der Waals surface area contributed by atoms with Crippen LogP contribution in [0.3, 0.4) is 0 Å². The maximum Gasteiger partial charge on any atom is 0.275 e.